The fraction of sp³-hybridized carbons (Fsp3) is 0.182. The van der Waals surface area contributed by atoms with Crippen molar-refractivity contribution in [1.82, 2.24) is 0 Å². The normalized spacial score (nSPS) is 10.7. The molecule has 1 heterocycles. The molecule has 2 aromatic rings. The van der Waals surface area contributed by atoms with Crippen LogP contribution in [0.15, 0.2) is 33.5 Å². The highest BCUT2D eigenvalue weighted by Gasteiger charge is 2.12. The molecule has 0 bridgehead atoms. The average Bonchev–Trinajstić information content (AvgIpc) is 2.24. The van der Waals surface area contributed by atoms with Crippen molar-refractivity contribution >= 4 is 11.0 Å². The maximum absolute atomic E-state index is 11.5. The Balaban J connectivity index is 2.78. The molecule has 0 aliphatic heterocycles. The van der Waals surface area contributed by atoms with Crippen LogP contribution in [0.1, 0.15) is 5.56 Å². The van der Waals surface area contributed by atoms with Gasteiger partial charge in [0.15, 0.2) is 0 Å². The van der Waals surface area contributed by atoms with Crippen molar-refractivity contribution < 1.29 is 9.52 Å². The van der Waals surface area contributed by atoms with Gasteiger partial charge in [0.2, 0.25) is 0 Å². The lowest BCUT2D eigenvalue weighted by Gasteiger charge is -2.04. The second-order valence-corrected chi connectivity index (χ2v) is 3.25. The van der Waals surface area contributed by atoms with E-state index in [0.717, 1.165) is 0 Å². The summed E-state index contributed by atoms with van der Waals surface area (Å²) in [5, 5.41) is 10.4. The predicted octanol–water partition coefficient (Wildman–Crippen LogP) is 1.000. The number of aromatic hydroxyl groups is 1. The topological polar surface area (TPSA) is 76.5 Å². The summed E-state index contributed by atoms with van der Waals surface area (Å²) in [7, 11) is 0. The molecule has 0 amide bonds. The van der Waals surface area contributed by atoms with Crippen LogP contribution in [0.3, 0.4) is 0 Å². The zero-order valence-electron chi connectivity index (χ0n) is 8.06. The first-order valence-corrected chi connectivity index (χ1v) is 4.68. The predicted molar refractivity (Wildman–Crippen MR) is 56.9 cm³/mol. The summed E-state index contributed by atoms with van der Waals surface area (Å²) in [6.45, 7) is 0.302. The molecule has 0 fully saturated rings. The van der Waals surface area contributed by atoms with E-state index in [0.29, 0.717) is 23.9 Å². The van der Waals surface area contributed by atoms with Gasteiger partial charge in [-0.05, 0) is 25.1 Å². The third-order valence-electron chi connectivity index (χ3n) is 2.27. The molecule has 0 saturated carbocycles. The van der Waals surface area contributed by atoms with Crippen molar-refractivity contribution in [3.63, 3.8) is 0 Å². The van der Waals surface area contributed by atoms with E-state index in [9.17, 15) is 9.90 Å². The SMILES string of the molecule is NCCc1c(O)c2ccccc2oc1=O. The van der Waals surface area contributed by atoms with Gasteiger partial charge in [0.1, 0.15) is 11.3 Å². The Hall–Kier alpha value is -1.81. The van der Waals surface area contributed by atoms with Crippen LogP contribution in [-0.2, 0) is 6.42 Å². The highest BCUT2D eigenvalue weighted by Crippen LogP contribution is 2.25. The second-order valence-electron chi connectivity index (χ2n) is 3.25. The number of benzene rings is 1. The molecule has 1 aromatic carbocycles. The molecule has 1 aromatic heterocycles. The van der Waals surface area contributed by atoms with Crippen molar-refractivity contribution in [3.05, 3.63) is 40.2 Å². The van der Waals surface area contributed by atoms with Gasteiger partial charge in [-0.1, -0.05) is 12.1 Å². The zero-order chi connectivity index (χ0) is 10.8. The van der Waals surface area contributed by atoms with Gasteiger partial charge in [-0.2, -0.15) is 0 Å². The van der Waals surface area contributed by atoms with Crippen LogP contribution < -0.4 is 11.4 Å². The molecule has 0 aliphatic rings. The highest BCUT2D eigenvalue weighted by molar-refractivity contribution is 5.83. The van der Waals surface area contributed by atoms with E-state index in [2.05, 4.69) is 0 Å². The largest absolute Gasteiger partial charge is 0.507 e. The van der Waals surface area contributed by atoms with Crippen LogP contribution in [0.5, 0.6) is 5.75 Å². The van der Waals surface area contributed by atoms with Crippen LogP contribution in [0, 0.1) is 0 Å². The Morgan fingerprint density at radius 1 is 1.33 bits per heavy atom. The lowest BCUT2D eigenvalue weighted by molar-refractivity contribution is 0.457. The van der Waals surface area contributed by atoms with Crippen LogP contribution >= 0.6 is 0 Å². The number of rotatable bonds is 2. The molecule has 0 saturated heterocycles. The fourth-order valence-corrected chi connectivity index (χ4v) is 1.54. The van der Waals surface area contributed by atoms with E-state index >= 15 is 0 Å². The number of para-hydroxylation sites is 1. The lowest BCUT2D eigenvalue weighted by Crippen LogP contribution is -2.13. The van der Waals surface area contributed by atoms with Crippen LogP contribution in [0.4, 0.5) is 0 Å². The zero-order valence-corrected chi connectivity index (χ0v) is 8.06. The van der Waals surface area contributed by atoms with Crippen molar-refractivity contribution in [3.8, 4) is 5.75 Å². The maximum Gasteiger partial charge on any atom is 0.343 e. The smallest absolute Gasteiger partial charge is 0.343 e. The first-order chi connectivity index (χ1) is 7.24. The third-order valence-corrected chi connectivity index (χ3v) is 2.27. The Labute approximate surface area is 85.9 Å². The number of fused-ring (bicyclic) bond motifs is 1. The Morgan fingerprint density at radius 3 is 2.80 bits per heavy atom. The molecule has 0 aliphatic carbocycles. The molecule has 0 radical (unpaired) electrons. The quantitative estimate of drug-likeness (QED) is 0.717. The average molecular weight is 205 g/mol. The van der Waals surface area contributed by atoms with E-state index in [1.807, 2.05) is 0 Å². The first-order valence-electron chi connectivity index (χ1n) is 4.68. The lowest BCUT2D eigenvalue weighted by atomic mass is 10.1. The Kier molecular flexibility index (Phi) is 2.43. The molecule has 0 unspecified atom stereocenters. The van der Waals surface area contributed by atoms with Crippen LogP contribution in [0.2, 0.25) is 0 Å². The molecular weight excluding hydrogens is 194 g/mol. The monoisotopic (exact) mass is 205 g/mol. The van der Waals surface area contributed by atoms with E-state index in [4.69, 9.17) is 10.2 Å². The summed E-state index contributed by atoms with van der Waals surface area (Å²) in [6, 6.07) is 6.86. The van der Waals surface area contributed by atoms with Gasteiger partial charge >= 0.3 is 5.63 Å². The van der Waals surface area contributed by atoms with Gasteiger partial charge in [-0.15, -0.1) is 0 Å². The van der Waals surface area contributed by atoms with Crippen molar-refractivity contribution in [2.75, 3.05) is 6.54 Å². The fourth-order valence-electron chi connectivity index (χ4n) is 1.54. The van der Waals surface area contributed by atoms with Crippen molar-refractivity contribution in [2.24, 2.45) is 5.73 Å². The summed E-state index contributed by atoms with van der Waals surface area (Å²) in [5.74, 6) is -0.0210. The molecule has 0 spiro atoms. The van der Waals surface area contributed by atoms with Gasteiger partial charge in [-0.25, -0.2) is 4.79 Å². The number of nitrogens with two attached hydrogens (primary N) is 1. The van der Waals surface area contributed by atoms with Crippen molar-refractivity contribution in [1.29, 1.82) is 0 Å². The molecule has 78 valence electrons. The summed E-state index contributed by atoms with van der Waals surface area (Å²) in [5.41, 5.74) is 5.47. The Morgan fingerprint density at radius 2 is 2.07 bits per heavy atom. The minimum atomic E-state index is -0.517. The van der Waals surface area contributed by atoms with Gasteiger partial charge in [0, 0.05) is 0 Å². The minimum absolute atomic E-state index is 0.0210. The molecule has 4 nitrogen and oxygen atoms in total. The number of hydrogen-bond acceptors (Lipinski definition) is 4. The molecule has 4 heteroatoms. The third kappa shape index (κ3) is 1.59. The second kappa shape index (κ2) is 3.74. The summed E-state index contributed by atoms with van der Waals surface area (Å²) < 4.78 is 5.06. The number of hydrogen-bond donors (Lipinski definition) is 2. The van der Waals surface area contributed by atoms with E-state index < -0.39 is 5.63 Å². The van der Waals surface area contributed by atoms with E-state index in [-0.39, 0.29) is 11.3 Å². The first kappa shape index (κ1) is 9.73. The molecule has 2 rings (SSSR count). The summed E-state index contributed by atoms with van der Waals surface area (Å²) in [4.78, 5) is 11.5. The molecule has 3 N–H and O–H groups in total. The molecule has 15 heavy (non-hydrogen) atoms. The van der Waals surface area contributed by atoms with Gasteiger partial charge < -0.3 is 15.3 Å². The van der Waals surface area contributed by atoms with E-state index in [1.165, 1.54) is 0 Å². The summed E-state index contributed by atoms with van der Waals surface area (Å²) >= 11 is 0. The minimum Gasteiger partial charge on any atom is -0.507 e. The summed E-state index contributed by atoms with van der Waals surface area (Å²) in [6.07, 6.45) is 0.318. The van der Waals surface area contributed by atoms with E-state index in [1.54, 1.807) is 24.3 Å². The molecular formula is C11H11NO3. The van der Waals surface area contributed by atoms with Gasteiger partial charge in [0.05, 0.1) is 10.9 Å². The van der Waals surface area contributed by atoms with Crippen LogP contribution in [-0.4, -0.2) is 11.7 Å². The van der Waals surface area contributed by atoms with Crippen LogP contribution in [0.25, 0.3) is 11.0 Å². The Bertz CT molecular complexity index is 545. The van der Waals surface area contributed by atoms with Crippen molar-refractivity contribution in [2.45, 2.75) is 6.42 Å². The molecule has 0 atom stereocenters. The van der Waals surface area contributed by atoms with Gasteiger partial charge in [-0.3, -0.25) is 0 Å². The highest BCUT2D eigenvalue weighted by atomic mass is 16.4. The maximum atomic E-state index is 11.5. The standard InChI is InChI=1S/C11H11NO3/c12-6-5-8-10(13)7-3-1-2-4-9(7)15-11(8)14/h1-4,13H,5-6,12H2. The van der Waals surface area contributed by atoms with Gasteiger partial charge in [0.25, 0.3) is 0 Å².